The van der Waals surface area contributed by atoms with Crippen LogP contribution in [0.25, 0.3) is 27.8 Å². The van der Waals surface area contributed by atoms with E-state index in [2.05, 4.69) is 19.8 Å². The standard InChI is InChI=1S/C20H19F2N5O2/c1-4-26-10-14(8-24-26)27-12(3)18-17(19(27)28)11(2)5-16(25-18)13-6-15(9-23-7-13)29-20(21)22/h5-10,20,28H,4H2,1-3H3. The molecule has 0 atom stereocenters. The molecular formula is C20H19F2N5O2. The van der Waals surface area contributed by atoms with E-state index in [1.165, 1.54) is 18.5 Å². The Morgan fingerprint density at radius 1 is 1.17 bits per heavy atom. The van der Waals surface area contributed by atoms with Crippen molar-refractivity contribution < 1.29 is 18.6 Å². The monoisotopic (exact) mass is 399 g/mol. The molecule has 0 bridgehead atoms. The second-order valence-electron chi connectivity index (χ2n) is 6.63. The Kier molecular flexibility index (Phi) is 4.65. The fourth-order valence-corrected chi connectivity index (χ4v) is 3.42. The zero-order valence-corrected chi connectivity index (χ0v) is 16.1. The first kappa shape index (κ1) is 18.9. The van der Waals surface area contributed by atoms with E-state index in [-0.39, 0.29) is 11.6 Å². The number of ether oxygens (including phenoxy) is 1. The second-order valence-corrected chi connectivity index (χ2v) is 6.63. The molecule has 7 nitrogen and oxygen atoms in total. The van der Waals surface area contributed by atoms with Gasteiger partial charge in [-0.3, -0.25) is 14.2 Å². The van der Waals surface area contributed by atoms with Gasteiger partial charge in [0, 0.05) is 30.2 Å². The summed E-state index contributed by atoms with van der Waals surface area (Å²) in [5, 5.41) is 15.8. The number of hydrogen-bond acceptors (Lipinski definition) is 5. The summed E-state index contributed by atoms with van der Waals surface area (Å²) in [6.07, 6.45) is 6.28. The van der Waals surface area contributed by atoms with Gasteiger partial charge in [0.2, 0.25) is 5.88 Å². The summed E-state index contributed by atoms with van der Waals surface area (Å²) in [5.74, 6) is 0.0405. The van der Waals surface area contributed by atoms with Crippen LogP contribution in [0.3, 0.4) is 0 Å². The van der Waals surface area contributed by atoms with Crippen LogP contribution in [0, 0.1) is 13.8 Å². The van der Waals surface area contributed by atoms with Crippen molar-refractivity contribution in [3.63, 3.8) is 0 Å². The molecule has 4 heterocycles. The van der Waals surface area contributed by atoms with Gasteiger partial charge in [0.25, 0.3) is 0 Å². The minimum Gasteiger partial charge on any atom is -0.494 e. The van der Waals surface area contributed by atoms with Gasteiger partial charge < -0.3 is 9.84 Å². The average Bonchev–Trinajstić information content (AvgIpc) is 3.24. The van der Waals surface area contributed by atoms with E-state index in [1.807, 2.05) is 27.0 Å². The van der Waals surface area contributed by atoms with Crippen LogP contribution in [0.2, 0.25) is 0 Å². The van der Waals surface area contributed by atoms with Gasteiger partial charge in [-0.1, -0.05) is 0 Å². The summed E-state index contributed by atoms with van der Waals surface area (Å²) in [7, 11) is 0. The highest BCUT2D eigenvalue weighted by Gasteiger charge is 2.20. The van der Waals surface area contributed by atoms with Crippen molar-refractivity contribution in [1.82, 2.24) is 24.3 Å². The molecule has 9 heteroatoms. The smallest absolute Gasteiger partial charge is 0.387 e. The van der Waals surface area contributed by atoms with Crippen LogP contribution in [0.4, 0.5) is 8.78 Å². The van der Waals surface area contributed by atoms with Crippen LogP contribution in [-0.2, 0) is 6.54 Å². The molecular weight excluding hydrogens is 380 g/mol. The molecule has 1 N–H and O–H groups in total. The number of fused-ring (bicyclic) bond motifs is 1. The lowest BCUT2D eigenvalue weighted by Gasteiger charge is -2.07. The van der Waals surface area contributed by atoms with E-state index >= 15 is 0 Å². The van der Waals surface area contributed by atoms with Crippen LogP contribution in [-0.4, -0.2) is 36.0 Å². The summed E-state index contributed by atoms with van der Waals surface area (Å²) in [5.41, 5.74) is 3.97. The Morgan fingerprint density at radius 3 is 2.66 bits per heavy atom. The largest absolute Gasteiger partial charge is 0.494 e. The van der Waals surface area contributed by atoms with Gasteiger partial charge in [-0.2, -0.15) is 13.9 Å². The zero-order chi connectivity index (χ0) is 20.7. The minimum absolute atomic E-state index is 0.0406. The highest BCUT2D eigenvalue weighted by molar-refractivity contribution is 5.93. The Bertz CT molecular complexity index is 1200. The topological polar surface area (TPSA) is 78.0 Å². The third kappa shape index (κ3) is 3.28. The van der Waals surface area contributed by atoms with E-state index in [0.717, 1.165) is 16.9 Å². The molecule has 0 fully saturated rings. The van der Waals surface area contributed by atoms with Gasteiger partial charge in [0.15, 0.2) is 0 Å². The molecule has 4 aromatic heterocycles. The van der Waals surface area contributed by atoms with Crippen molar-refractivity contribution in [1.29, 1.82) is 0 Å². The van der Waals surface area contributed by atoms with Crippen molar-refractivity contribution in [3.8, 4) is 28.6 Å². The Labute approximate surface area is 165 Å². The maximum Gasteiger partial charge on any atom is 0.387 e. The first-order valence-corrected chi connectivity index (χ1v) is 9.03. The normalized spacial score (nSPS) is 11.5. The maximum atomic E-state index is 12.5. The first-order valence-electron chi connectivity index (χ1n) is 9.03. The molecule has 0 saturated heterocycles. The molecule has 0 aromatic carbocycles. The summed E-state index contributed by atoms with van der Waals surface area (Å²) in [6, 6.07) is 3.24. The van der Waals surface area contributed by atoms with Crippen LogP contribution in [0.5, 0.6) is 11.6 Å². The fraction of sp³-hybridized carbons (Fsp3) is 0.250. The molecule has 4 rings (SSSR count). The Balaban J connectivity index is 1.87. The number of pyridine rings is 2. The van der Waals surface area contributed by atoms with Crippen molar-refractivity contribution in [2.45, 2.75) is 33.9 Å². The van der Waals surface area contributed by atoms with Crippen LogP contribution in [0.1, 0.15) is 18.2 Å². The molecule has 0 aliphatic rings. The van der Waals surface area contributed by atoms with E-state index in [4.69, 9.17) is 0 Å². The first-order chi connectivity index (χ1) is 13.9. The Morgan fingerprint density at radius 2 is 1.97 bits per heavy atom. The van der Waals surface area contributed by atoms with E-state index < -0.39 is 6.61 Å². The molecule has 0 aliphatic carbocycles. The summed E-state index contributed by atoms with van der Waals surface area (Å²) in [6.45, 7) is 3.48. The molecule has 0 amide bonds. The molecule has 4 aromatic rings. The van der Waals surface area contributed by atoms with Crippen molar-refractivity contribution in [2.75, 3.05) is 0 Å². The van der Waals surface area contributed by atoms with Gasteiger partial charge in [-0.15, -0.1) is 0 Å². The summed E-state index contributed by atoms with van der Waals surface area (Å²) in [4.78, 5) is 8.63. The molecule has 150 valence electrons. The number of aryl methyl sites for hydroxylation is 3. The summed E-state index contributed by atoms with van der Waals surface area (Å²) < 4.78 is 32.9. The lowest BCUT2D eigenvalue weighted by molar-refractivity contribution is -0.0500. The summed E-state index contributed by atoms with van der Waals surface area (Å²) >= 11 is 0. The highest BCUT2D eigenvalue weighted by atomic mass is 19.3. The number of rotatable bonds is 5. The Hall–Kier alpha value is -3.49. The van der Waals surface area contributed by atoms with Gasteiger partial charge in [0.1, 0.15) is 5.75 Å². The lowest BCUT2D eigenvalue weighted by Crippen LogP contribution is -2.02. The van der Waals surface area contributed by atoms with Crippen molar-refractivity contribution in [2.24, 2.45) is 0 Å². The number of nitrogens with zero attached hydrogens (tertiary/aromatic N) is 5. The van der Waals surface area contributed by atoms with Gasteiger partial charge in [0.05, 0.1) is 34.7 Å². The highest BCUT2D eigenvalue weighted by Crippen LogP contribution is 2.37. The fourth-order valence-electron chi connectivity index (χ4n) is 3.42. The van der Waals surface area contributed by atoms with Gasteiger partial charge in [-0.25, -0.2) is 4.98 Å². The number of aromatic hydroxyl groups is 1. The van der Waals surface area contributed by atoms with Crippen molar-refractivity contribution >= 4 is 10.9 Å². The molecule has 0 saturated carbocycles. The van der Waals surface area contributed by atoms with E-state index in [0.29, 0.717) is 28.7 Å². The molecule has 0 spiro atoms. The molecule has 29 heavy (non-hydrogen) atoms. The van der Waals surface area contributed by atoms with Crippen LogP contribution in [0.15, 0.2) is 36.9 Å². The molecule has 0 unspecified atom stereocenters. The van der Waals surface area contributed by atoms with Crippen LogP contribution >= 0.6 is 0 Å². The van der Waals surface area contributed by atoms with Gasteiger partial charge >= 0.3 is 6.61 Å². The minimum atomic E-state index is -2.93. The quantitative estimate of drug-likeness (QED) is 0.543. The maximum absolute atomic E-state index is 12.5. The molecule has 0 aliphatic heterocycles. The predicted octanol–water partition coefficient (Wildman–Crippen LogP) is 4.23. The zero-order valence-electron chi connectivity index (χ0n) is 16.1. The predicted molar refractivity (Wildman–Crippen MR) is 104 cm³/mol. The number of aromatic nitrogens is 5. The van der Waals surface area contributed by atoms with E-state index in [9.17, 15) is 13.9 Å². The second kappa shape index (κ2) is 7.16. The third-order valence-electron chi connectivity index (χ3n) is 4.77. The number of halogens is 2. The lowest BCUT2D eigenvalue weighted by atomic mass is 10.1. The third-order valence-corrected chi connectivity index (χ3v) is 4.77. The van der Waals surface area contributed by atoms with E-state index in [1.54, 1.807) is 21.5 Å². The number of hydrogen-bond donors (Lipinski definition) is 1. The average molecular weight is 399 g/mol. The SMILES string of the molecule is CCn1cc(-n2c(C)c3nc(-c4cncc(OC(F)F)c4)cc(C)c3c2O)cn1. The molecule has 0 radical (unpaired) electrons. The van der Waals surface area contributed by atoms with Crippen LogP contribution < -0.4 is 4.74 Å². The number of alkyl halides is 2. The van der Waals surface area contributed by atoms with Gasteiger partial charge in [-0.05, 0) is 38.5 Å². The van der Waals surface area contributed by atoms with Crippen molar-refractivity contribution in [3.05, 3.63) is 48.2 Å².